The molecule has 1 aromatic carbocycles. The lowest BCUT2D eigenvalue weighted by Gasteiger charge is -2.19. The molecule has 112 valence electrons. The van der Waals surface area contributed by atoms with Crippen molar-refractivity contribution >= 4 is 6.29 Å². The Labute approximate surface area is 114 Å². The molecule has 1 aromatic rings. The van der Waals surface area contributed by atoms with Gasteiger partial charge in [-0.3, -0.25) is 4.79 Å². The van der Waals surface area contributed by atoms with E-state index in [0.29, 0.717) is 12.6 Å². The predicted molar refractivity (Wildman–Crippen MR) is 66.3 cm³/mol. The Hall–Kier alpha value is -1.44. The van der Waals surface area contributed by atoms with E-state index >= 15 is 0 Å². The summed E-state index contributed by atoms with van der Waals surface area (Å²) >= 11 is 0. The van der Waals surface area contributed by atoms with Crippen LogP contribution in [0.15, 0.2) is 18.2 Å². The van der Waals surface area contributed by atoms with Crippen LogP contribution in [0.1, 0.15) is 34.0 Å². The molecule has 0 aromatic heterocycles. The van der Waals surface area contributed by atoms with Gasteiger partial charge in [0.05, 0.1) is 11.7 Å². The van der Waals surface area contributed by atoms with Gasteiger partial charge in [0.1, 0.15) is 12.4 Å². The lowest BCUT2D eigenvalue weighted by atomic mass is 9.97. The molecule has 1 rings (SSSR count). The van der Waals surface area contributed by atoms with Crippen LogP contribution in [0.4, 0.5) is 13.2 Å². The Morgan fingerprint density at radius 2 is 1.95 bits per heavy atom. The highest BCUT2D eigenvalue weighted by Crippen LogP contribution is 2.32. The van der Waals surface area contributed by atoms with Crippen molar-refractivity contribution in [3.05, 3.63) is 34.9 Å². The minimum atomic E-state index is -4.62. The Kier molecular flexibility index (Phi) is 5.67. The fourth-order valence-electron chi connectivity index (χ4n) is 1.75. The topological polar surface area (TPSA) is 69.6 Å². The smallest absolute Gasteiger partial charge is 0.390 e. The number of aliphatic hydroxyl groups excluding tert-OH is 2. The highest BCUT2D eigenvalue weighted by molar-refractivity contribution is 5.75. The van der Waals surface area contributed by atoms with Crippen LogP contribution < -0.4 is 5.32 Å². The van der Waals surface area contributed by atoms with E-state index in [9.17, 15) is 28.2 Å². The summed E-state index contributed by atoms with van der Waals surface area (Å²) in [5, 5.41) is 22.3. The summed E-state index contributed by atoms with van der Waals surface area (Å²) in [6.07, 6.45) is -6.88. The Bertz CT molecular complexity index is 463. The van der Waals surface area contributed by atoms with Crippen molar-refractivity contribution in [3.8, 4) is 0 Å². The zero-order valence-electron chi connectivity index (χ0n) is 10.8. The summed E-state index contributed by atoms with van der Waals surface area (Å²) in [4.78, 5) is 10.7. The number of aldehydes is 1. The number of alkyl halides is 3. The Balaban J connectivity index is 3.07. The van der Waals surface area contributed by atoms with Crippen molar-refractivity contribution in [1.82, 2.24) is 5.32 Å². The van der Waals surface area contributed by atoms with Gasteiger partial charge in [0.15, 0.2) is 0 Å². The first-order valence-electron chi connectivity index (χ1n) is 5.97. The van der Waals surface area contributed by atoms with Crippen LogP contribution >= 0.6 is 0 Å². The molecule has 0 fully saturated rings. The summed E-state index contributed by atoms with van der Waals surface area (Å²) in [6, 6.07) is 2.57. The van der Waals surface area contributed by atoms with E-state index in [-0.39, 0.29) is 23.8 Å². The number of carbonyl (C=O) groups is 1. The standard InChI is InChI=1S/C13H16F3NO3/c1-17-3-2-11(19)12(20)9-4-8(7-18)5-10(6-9)13(14,15)16/h4-7,11-12,17,19-20H,2-3H2,1H3. The number of hydrogen-bond donors (Lipinski definition) is 3. The molecule has 20 heavy (non-hydrogen) atoms. The molecule has 0 amide bonds. The van der Waals surface area contributed by atoms with Crippen LogP contribution in [0, 0.1) is 0 Å². The van der Waals surface area contributed by atoms with E-state index in [1.165, 1.54) is 0 Å². The molecule has 0 radical (unpaired) electrons. The largest absolute Gasteiger partial charge is 0.416 e. The monoisotopic (exact) mass is 291 g/mol. The van der Waals surface area contributed by atoms with Crippen LogP contribution in [-0.2, 0) is 6.18 Å². The number of aliphatic hydroxyl groups is 2. The summed E-state index contributed by atoms with van der Waals surface area (Å²) in [6.45, 7) is 0.401. The van der Waals surface area contributed by atoms with Crippen molar-refractivity contribution in [1.29, 1.82) is 0 Å². The molecular formula is C13H16F3NO3. The maximum Gasteiger partial charge on any atom is 0.416 e. The molecule has 0 spiro atoms. The van der Waals surface area contributed by atoms with Gasteiger partial charge >= 0.3 is 6.18 Å². The first kappa shape index (κ1) is 16.6. The molecule has 2 atom stereocenters. The molecular weight excluding hydrogens is 275 g/mol. The third kappa shape index (κ3) is 4.29. The molecule has 0 saturated carbocycles. The number of carbonyl (C=O) groups excluding carboxylic acids is 1. The summed E-state index contributed by atoms with van der Waals surface area (Å²) in [5.41, 5.74) is -1.36. The van der Waals surface area contributed by atoms with Crippen molar-refractivity contribution < 1.29 is 28.2 Å². The number of nitrogens with one attached hydrogen (secondary N) is 1. The van der Waals surface area contributed by atoms with Gasteiger partial charge in [-0.15, -0.1) is 0 Å². The molecule has 3 N–H and O–H groups in total. The van der Waals surface area contributed by atoms with E-state index in [0.717, 1.165) is 12.1 Å². The summed E-state index contributed by atoms with van der Waals surface area (Å²) in [7, 11) is 1.65. The van der Waals surface area contributed by atoms with Crippen molar-refractivity contribution in [2.75, 3.05) is 13.6 Å². The van der Waals surface area contributed by atoms with E-state index in [1.54, 1.807) is 7.05 Å². The molecule has 7 heteroatoms. The maximum absolute atomic E-state index is 12.7. The molecule has 0 saturated heterocycles. The van der Waals surface area contributed by atoms with E-state index in [2.05, 4.69) is 5.32 Å². The average molecular weight is 291 g/mol. The molecule has 0 heterocycles. The van der Waals surface area contributed by atoms with Crippen molar-refractivity contribution in [2.45, 2.75) is 24.8 Å². The van der Waals surface area contributed by atoms with Crippen molar-refractivity contribution in [3.63, 3.8) is 0 Å². The lowest BCUT2D eigenvalue weighted by molar-refractivity contribution is -0.137. The first-order chi connectivity index (χ1) is 9.29. The SMILES string of the molecule is CNCCC(O)C(O)c1cc(C=O)cc(C(F)(F)F)c1. The first-order valence-corrected chi connectivity index (χ1v) is 5.97. The van der Waals surface area contributed by atoms with E-state index in [4.69, 9.17) is 0 Å². The zero-order valence-corrected chi connectivity index (χ0v) is 10.8. The predicted octanol–water partition coefficient (Wildman–Crippen LogP) is 1.52. The Morgan fingerprint density at radius 1 is 1.30 bits per heavy atom. The second-order valence-corrected chi connectivity index (χ2v) is 4.41. The molecule has 4 nitrogen and oxygen atoms in total. The summed E-state index contributed by atoms with van der Waals surface area (Å²) in [5.74, 6) is 0. The highest BCUT2D eigenvalue weighted by atomic mass is 19.4. The van der Waals surface area contributed by atoms with Gasteiger partial charge < -0.3 is 15.5 Å². The lowest BCUT2D eigenvalue weighted by Crippen LogP contribution is -2.23. The fourth-order valence-corrected chi connectivity index (χ4v) is 1.75. The molecule has 2 unspecified atom stereocenters. The van der Waals surface area contributed by atoms with Gasteiger partial charge in [-0.05, 0) is 43.8 Å². The average Bonchev–Trinajstić information content (AvgIpc) is 2.42. The van der Waals surface area contributed by atoms with Crippen LogP contribution in [0.5, 0.6) is 0 Å². The van der Waals surface area contributed by atoms with Crippen LogP contribution in [0.2, 0.25) is 0 Å². The Morgan fingerprint density at radius 3 is 2.45 bits per heavy atom. The van der Waals surface area contributed by atoms with Gasteiger partial charge in [0, 0.05) is 5.56 Å². The zero-order chi connectivity index (χ0) is 15.3. The molecule has 0 aliphatic rings. The van der Waals surface area contributed by atoms with Gasteiger partial charge in [-0.2, -0.15) is 13.2 Å². The quantitative estimate of drug-likeness (QED) is 0.695. The molecule has 0 aliphatic carbocycles. The van der Waals surface area contributed by atoms with E-state index in [1.807, 2.05) is 0 Å². The molecule has 0 aliphatic heterocycles. The van der Waals surface area contributed by atoms with Gasteiger partial charge in [0.25, 0.3) is 0 Å². The second kappa shape index (κ2) is 6.83. The highest BCUT2D eigenvalue weighted by Gasteiger charge is 2.32. The van der Waals surface area contributed by atoms with E-state index < -0.39 is 23.9 Å². The number of halogens is 3. The minimum absolute atomic E-state index is 0.134. The maximum atomic E-state index is 12.7. The fraction of sp³-hybridized carbons (Fsp3) is 0.462. The number of benzene rings is 1. The second-order valence-electron chi connectivity index (χ2n) is 4.41. The summed E-state index contributed by atoms with van der Waals surface area (Å²) < 4.78 is 38.0. The molecule has 0 bridgehead atoms. The third-order valence-corrected chi connectivity index (χ3v) is 2.84. The van der Waals surface area contributed by atoms with Crippen molar-refractivity contribution in [2.24, 2.45) is 0 Å². The number of hydrogen-bond acceptors (Lipinski definition) is 4. The van der Waals surface area contributed by atoms with Gasteiger partial charge in [0.2, 0.25) is 0 Å². The van der Waals surface area contributed by atoms with Crippen LogP contribution in [0.3, 0.4) is 0 Å². The van der Waals surface area contributed by atoms with Crippen LogP contribution in [0.25, 0.3) is 0 Å². The van der Waals surface area contributed by atoms with Crippen LogP contribution in [-0.4, -0.2) is 36.2 Å². The number of rotatable bonds is 6. The normalized spacial score (nSPS) is 14.9. The van der Waals surface area contributed by atoms with Gasteiger partial charge in [-0.25, -0.2) is 0 Å². The third-order valence-electron chi connectivity index (χ3n) is 2.84. The van der Waals surface area contributed by atoms with Gasteiger partial charge in [-0.1, -0.05) is 0 Å². The minimum Gasteiger partial charge on any atom is -0.390 e.